The number of benzene rings is 1. The van der Waals surface area contributed by atoms with Gasteiger partial charge in [0.05, 0.1) is 11.1 Å². The minimum atomic E-state index is -0.516. The number of aryl methyl sites for hydroxylation is 2. The molecule has 1 aromatic heterocycles. The summed E-state index contributed by atoms with van der Waals surface area (Å²) in [5.74, 6) is 1.43. The van der Waals surface area contributed by atoms with Crippen molar-refractivity contribution in [1.29, 1.82) is 0 Å². The monoisotopic (exact) mass is 303 g/mol. The van der Waals surface area contributed by atoms with Gasteiger partial charge in [-0.05, 0) is 55.7 Å². The topological polar surface area (TPSA) is 42.4 Å². The van der Waals surface area contributed by atoms with Crippen molar-refractivity contribution in [3.63, 3.8) is 0 Å². The number of rotatable bonds is 6. The highest BCUT2D eigenvalue weighted by atomic mass is 32.2. The van der Waals surface area contributed by atoms with Crippen LogP contribution in [0, 0.1) is 20.8 Å². The van der Waals surface area contributed by atoms with Gasteiger partial charge in [-0.2, -0.15) is 0 Å². The van der Waals surface area contributed by atoms with Crippen LogP contribution in [0.1, 0.15) is 16.7 Å². The summed E-state index contributed by atoms with van der Waals surface area (Å²) in [6.45, 7) is 6.46. The largest absolute Gasteiger partial charge is 0.491 e. The second kappa shape index (κ2) is 7.48. The van der Waals surface area contributed by atoms with E-state index in [-0.39, 0.29) is 0 Å². The van der Waals surface area contributed by atoms with Crippen LogP contribution in [-0.2, 0) is 0 Å². The van der Waals surface area contributed by atoms with Crippen LogP contribution in [0.25, 0.3) is 0 Å². The molecule has 21 heavy (non-hydrogen) atoms. The van der Waals surface area contributed by atoms with Crippen molar-refractivity contribution in [3.05, 3.63) is 53.2 Å². The number of nitrogens with zero attached hydrogens (tertiary/aromatic N) is 1. The summed E-state index contributed by atoms with van der Waals surface area (Å²) in [5.41, 5.74) is 3.51. The molecular formula is C17H21NO2S. The summed E-state index contributed by atoms with van der Waals surface area (Å²) in [6.07, 6.45) is 1.24. The smallest absolute Gasteiger partial charge is 0.122 e. The van der Waals surface area contributed by atoms with Gasteiger partial charge in [-0.25, -0.2) is 4.98 Å². The SMILES string of the molecule is Cc1cc(C)c(C)c(OC[C@H](O)CSc2ccccn2)c1. The molecule has 0 fully saturated rings. The third kappa shape index (κ3) is 4.76. The Balaban J connectivity index is 1.85. The van der Waals surface area contributed by atoms with Gasteiger partial charge in [0.25, 0.3) is 0 Å². The third-order valence-corrected chi connectivity index (χ3v) is 4.35. The lowest BCUT2D eigenvalue weighted by Crippen LogP contribution is -2.20. The van der Waals surface area contributed by atoms with Gasteiger partial charge in [-0.15, -0.1) is 11.8 Å². The van der Waals surface area contributed by atoms with E-state index in [1.807, 2.05) is 38.1 Å². The molecule has 1 aromatic carbocycles. The highest BCUT2D eigenvalue weighted by Gasteiger charge is 2.09. The fourth-order valence-corrected chi connectivity index (χ4v) is 2.77. The van der Waals surface area contributed by atoms with E-state index in [0.717, 1.165) is 16.3 Å². The normalized spacial score (nSPS) is 12.2. The van der Waals surface area contributed by atoms with Crippen molar-refractivity contribution in [3.8, 4) is 5.75 Å². The van der Waals surface area contributed by atoms with E-state index < -0.39 is 6.10 Å². The Kier molecular flexibility index (Phi) is 5.65. The molecule has 1 atom stereocenters. The molecule has 0 aliphatic heterocycles. The average molecular weight is 303 g/mol. The molecular weight excluding hydrogens is 282 g/mol. The molecule has 0 amide bonds. The highest BCUT2D eigenvalue weighted by molar-refractivity contribution is 7.99. The molecule has 2 aromatic rings. The molecule has 2 rings (SSSR count). The van der Waals surface area contributed by atoms with Gasteiger partial charge in [-0.1, -0.05) is 12.1 Å². The number of hydrogen-bond donors (Lipinski definition) is 1. The number of aliphatic hydroxyl groups excluding tert-OH is 1. The number of thioether (sulfide) groups is 1. The number of pyridine rings is 1. The van der Waals surface area contributed by atoms with E-state index in [4.69, 9.17) is 4.74 Å². The average Bonchev–Trinajstić information content (AvgIpc) is 2.48. The Morgan fingerprint density at radius 1 is 1.24 bits per heavy atom. The lowest BCUT2D eigenvalue weighted by Gasteiger charge is -2.15. The maximum absolute atomic E-state index is 10.0. The summed E-state index contributed by atoms with van der Waals surface area (Å²) >= 11 is 1.53. The summed E-state index contributed by atoms with van der Waals surface area (Å²) in [6, 6.07) is 9.91. The van der Waals surface area contributed by atoms with Gasteiger partial charge in [0.1, 0.15) is 12.4 Å². The molecule has 0 aliphatic rings. The summed E-state index contributed by atoms with van der Waals surface area (Å²) in [4.78, 5) is 4.22. The van der Waals surface area contributed by atoms with E-state index in [1.165, 1.54) is 22.9 Å². The molecule has 0 radical (unpaired) electrons. The van der Waals surface area contributed by atoms with Crippen LogP contribution in [0.4, 0.5) is 0 Å². The van der Waals surface area contributed by atoms with Crippen LogP contribution in [0.15, 0.2) is 41.6 Å². The maximum atomic E-state index is 10.0. The maximum Gasteiger partial charge on any atom is 0.122 e. The molecule has 0 saturated carbocycles. The first kappa shape index (κ1) is 15.9. The van der Waals surface area contributed by atoms with Crippen LogP contribution >= 0.6 is 11.8 Å². The van der Waals surface area contributed by atoms with Crippen LogP contribution in [0.2, 0.25) is 0 Å². The van der Waals surface area contributed by atoms with Gasteiger partial charge in [0.15, 0.2) is 0 Å². The van der Waals surface area contributed by atoms with E-state index in [1.54, 1.807) is 6.20 Å². The standard InChI is InChI=1S/C17H21NO2S/c1-12-8-13(2)14(3)16(9-12)20-10-15(19)11-21-17-6-4-5-7-18-17/h4-9,15,19H,10-11H2,1-3H3/t15-/m0/s1. The second-order valence-electron chi connectivity index (χ2n) is 5.15. The first-order chi connectivity index (χ1) is 10.1. The molecule has 1 heterocycles. The van der Waals surface area contributed by atoms with E-state index in [0.29, 0.717) is 12.4 Å². The zero-order valence-corrected chi connectivity index (χ0v) is 13.5. The van der Waals surface area contributed by atoms with E-state index >= 15 is 0 Å². The minimum absolute atomic E-state index is 0.295. The molecule has 1 N–H and O–H groups in total. The van der Waals surface area contributed by atoms with Gasteiger partial charge in [0, 0.05) is 11.9 Å². The Morgan fingerprint density at radius 3 is 2.76 bits per heavy atom. The number of aromatic nitrogens is 1. The first-order valence-electron chi connectivity index (χ1n) is 6.99. The van der Waals surface area contributed by atoms with Crippen molar-refractivity contribution < 1.29 is 9.84 Å². The summed E-state index contributed by atoms with van der Waals surface area (Å²) in [7, 11) is 0. The predicted molar refractivity (Wildman–Crippen MR) is 87.1 cm³/mol. The Labute approximate surface area is 130 Å². The number of ether oxygens (including phenoxy) is 1. The molecule has 0 unspecified atom stereocenters. The molecule has 0 saturated heterocycles. The van der Waals surface area contributed by atoms with Gasteiger partial charge >= 0.3 is 0 Å². The summed E-state index contributed by atoms with van der Waals surface area (Å²) < 4.78 is 5.76. The van der Waals surface area contributed by atoms with E-state index in [2.05, 4.69) is 18.0 Å². The van der Waals surface area contributed by atoms with Crippen molar-refractivity contribution in [2.75, 3.05) is 12.4 Å². The van der Waals surface area contributed by atoms with Crippen LogP contribution in [0.5, 0.6) is 5.75 Å². The third-order valence-electron chi connectivity index (χ3n) is 3.26. The minimum Gasteiger partial charge on any atom is -0.491 e. The van der Waals surface area contributed by atoms with E-state index in [9.17, 15) is 5.11 Å². The van der Waals surface area contributed by atoms with Crippen LogP contribution in [0.3, 0.4) is 0 Å². The van der Waals surface area contributed by atoms with Gasteiger partial charge in [0.2, 0.25) is 0 Å². The second-order valence-corrected chi connectivity index (χ2v) is 6.19. The predicted octanol–water partition coefficient (Wildman–Crippen LogP) is 3.54. The fourth-order valence-electron chi connectivity index (χ4n) is 2.00. The Bertz CT molecular complexity index is 587. The van der Waals surface area contributed by atoms with Crippen LogP contribution < -0.4 is 4.74 Å². The zero-order chi connectivity index (χ0) is 15.2. The van der Waals surface area contributed by atoms with Crippen LogP contribution in [-0.4, -0.2) is 28.6 Å². The first-order valence-corrected chi connectivity index (χ1v) is 7.97. The molecule has 0 spiro atoms. The van der Waals surface area contributed by atoms with Crippen molar-refractivity contribution in [2.24, 2.45) is 0 Å². The fraction of sp³-hybridized carbons (Fsp3) is 0.353. The lowest BCUT2D eigenvalue weighted by molar-refractivity contribution is 0.126. The summed E-state index contributed by atoms with van der Waals surface area (Å²) in [5, 5.41) is 10.9. The number of hydrogen-bond acceptors (Lipinski definition) is 4. The zero-order valence-electron chi connectivity index (χ0n) is 12.7. The van der Waals surface area contributed by atoms with Gasteiger partial charge < -0.3 is 9.84 Å². The quantitative estimate of drug-likeness (QED) is 0.829. The van der Waals surface area contributed by atoms with Crippen molar-refractivity contribution in [2.45, 2.75) is 31.9 Å². The Hall–Kier alpha value is -1.52. The highest BCUT2D eigenvalue weighted by Crippen LogP contribution is 2.24. The molecule has 0 bridgehead atoms. The molecule has 0 aliphatic carbocycles. The van der Waals surface area contributed by atoms with Gasteiger partial charge in [-0.3, -0.25) is 0 Å². The Morgan fingerprint density at radius 2 is 2.05 bits per heavy atom. The lowest BCUT2D eigenvalue weighted by atomic mass is 10.1. The van der Waals surface area contributed by atoms with Crippen molar-refractivity contribution >= 4 is 11.8 Å². The molecule has 112 valence electrons. The molecule has 3 nitrogen and oxygen atoms in total. The molecule has 4 heteroatoms. The number of aliphatic hydroxyl groups is 1. The van der Waals surface area contributed by atoms with Crippen molar-refractivity contribution in [1.82, 2.24) is 4.98 Å².